The van der Waals surface area contributed by atoms with E-state index in [1.165, 1.54) is 0 Å². The lowest BCUT2D eigenvalue weighted by Gasteiger charge is -2.29. The summed E-state index contributed by atoms with van der Waals surface area (Å²) in [6.45, 7) is 6.32. The maximum atomic E-state index is 13.3. The van der Waals surface area contributed by atoms with Gasteiger partial charge in [0.25, 0.3) is 0 Å². The average molecular weight is 465 g/mol. The Morgan fingerprint density at radius 2 is 1.76 bits per heavy atom. The lowest BCUT2D eigenvalue weighted by atomic mass is 9.81. The van der Waals surface area contributed by atoms with Crippen LogP contribution in [0.4, 0.5) is 0 Å². The van der Waals surface area contributed by atoms with Gasteiger partial charge in [0.05, 0.1) is 38.4 Å². The van der Waals surface area contributed by atoms with Gasteiger partial charge in [0.2, 0.25) is 5.88 Å². The molecule has 0 aliphatic carbocycles. The first-order valence-corrected chi connectivity index (χ1v) is 11.0. The largest absolute Gasteiger partial charge is 0.497 e. The SMILES string of the molecule is CCOC(=O)C1=C(c2ccc(OC)cc2)OC(N)=C(C#N)C1c1cccc(OCC)c1OCC. The van der Waals surface area contributed by atoms with E-state index in [2.05, 4.69) is 6.07 Å². The molecular formula is C26H28N2O6. The molecule has 0 bridgehead atoms. The van der Waals surface area contributed by atoms with Crippen molar-refractivity contribution in [3.8, 4) is 23.3 Å². The van der Waals surface area contributed by atoms with Crippen LogP contribution in [-0.4, -0.2) is 32.9 Å². The number of carbonyl (C=O) groups excluding carboxylic acids is 1. The fraction of sp³-hybridized carbons (Fsp3) is 0.308. The zero-order valence-corrected chi connectivity index (χ0v) is 19.7. The third-order valence-corrected chi connectivity index (χ3v) is 5.18. The number of rotatable bonds is 9. The van der Waals surface area contributed by atoms with Gasteiger partial charge in [-0.2, -0.15) is 5.26 Å². The van der Waals surface area contributed by atoms with Crippen LogP contribution in [0, 0.1) is 11.3 Å². The molecule has 34 heavy (non-hydrogen) atoms. The summed E-state index contributed by atoms with van der Waals surface area (Å²) in [6.07, 6.45) is 0. The van der Waals surface area contributed by atoms with Gasteiger partial charge in [-0.25, -0.2) is 4.79 Å². The van der Waals surface area contributed by atoms with E-state index in [4.69, 9.17) is 29.4 Å². The first kappa shape index (κ1) is 24.5. The molecule has 8 nitrogen and oxygen atoms in total. The molecule has 2 N–H and O–H groups in total. The molecule has 178 valence electrons. The Labute approximate surface area is 199 Å². The predicted molar refractivity (Wildman–Crippen MR) is 126 cm³/mol. The van der Waals surface area contributed by atoms with Crippen LogP contribution in [0.15, 0.2) is 59.5 Å². The second-order valence-corrected chi connectivity index (χ2v) is 7.16. The minimum absolute atomic E-state index is 0.0786. The molecule has 2 aromatic rings. The maximum Gasteiger partial charge on any atom is 0.338 e. The molecule has 0 saturated carbocycles. The van der Waals surface area contributed by atoms with Crippen molar-refractivity contribution in [1.29, 1.82) is 5.26 Å². The summed E-state index contributed by atoms with van der Waals surface area (Å²) in [5.74, 6) is 0.148. The van der Waals surface area contributed by atoms with E-state index in [1.807, 2.05) is 13.8 Å². The minimum Gasteiger partial charge on any atom is -0.497 e. The molecule has 1 atom stereocenters. The van der Waals surface area contributed by atoms with Gasteiger partial charge < -0.3 is 29.4 Å². The number of allylic oxidation sites excluding steroid dienone is 1. The number of nitrogens with two attached hydrogens (primary N) is 1. The maximum absolute atomic E-state index is 13.3. The third kappa shape index (κ3) is 4.79. The number of para-hydroxylation sites is 1. The van der Waals surface area contributed by atoms with Gasteiger partial charge in [0.1, 0.15) is 23.2 Å². The van der Waals surface area contributed by atoms with Crippen molar-refractivity contribution in [2.24, 2.45) is 5.73 Å². The number of esters is 1. The van der Waals surface area contributed by atoms with Gasteiger partial charge >= 0.3 is 5.97 Å². The molecule has 3 rings (SSSR count). The molecule has 1 aliphatic heterocycles. The monoisotopic (exact) mass is 464 g/mol. The number of nitriles is 1. The van der Waals surface area contributed by atoms with Gasteiger partial charge in [-0.05, 0) is 51.1 Å². The summed E-state index contributed by atoms with van der Waals surface area (Å²) < 4.78 is 28.2. The van der Waals surface area contributed by atoms with Crippen LogP contribution in [0.25, 0.3) is 5.76 Å². The van der Waals surface area contributed by atoms with Crippen LogP contribution >= 0.6 is 0 Å². The Kier molecular flexibility index (Phi) is 8.04. The van der Waals surface area contributed by atoms with Gasteiger partial charge in [0.15, 0.2) is 11.5 Å². The van der Waals surface area contributed by atoms with Crippen LogP contribution in [-0.2, 0) is 14.3 Å². The van der Waals surface area contributed by atoms with Crippen molar-refractivity contribution in [2.75, 3.05) is 26.9 Å². The molecule has 8 heteroatoms. The lowest BCUT2D eigenvalue weighted by Crippen LogP contribution is -2.26. The first-order valence-electron chi connectivity index (χ1n) is 11.0. The molecule has 1 aliphatic rings. The van der Waals surface area contributed by atoms with Crippen molar-refractivity contribution < 1.29 is 28.5 Å². The second-order valence-electron chi connectivity index (χ2n) is 7.16. The molecule has 1 unspecified atom stereocenters. The highest BCUT2D eigenvalue weighted by molar-refractivity contribution is 6.00. The molecule has 0 aromatic heterocycles. The van der Waals surface area contributed by atoms with E-state index in [0.717, 1.165) is 0 Å². The topological polar surface area (TPSA) is 113 Å². The minimum atomic E-state index is -0.892. The Morgan fingerprint density at radius 3 is 2.35 bits per heavy atom. The fourth-order valence-electron chi connectivity index (χ4n) is 3.77. The Hall–Kier alpha value is -4.12. The number of nitrogens with zero attached hydrogens (tertiary/aromatic N) is 1. The number of ether oxygens (including phenoxy) is 5. The molecule has 2 aromatic carbocycles. The summed E-state index contributed by atoms with van der Waals surface area (Å²) in [4.78, 5) is 13.3. The Morgan fingerprint density at radius 1 is 1.06 bits per heavy atom. The van der Waals surface area contributed by atoms with E-state index in [0.29, 0.717) is 41.6 Å². The standard InChI is InChI=1S/C26H28N2O6/c1-5-31-20-10-8-9-18(24(20)32-6-2)21-19(15-27)25(28)34-23(22(21)26(29)33-7-3)16-11-13-17(30-4)14-12-16/h8-14,21H,5-7,28H2,1-4H3. The highest BCUT2D eigenvalue weighted by atomic mass is 16.5. The molecule has 0 amide bonds. The van der Waals surface area contributed by atoms with Crippen molar-refractivity contribution in [1.82, 2.24) is 0 Å². The molecule has 0 fully saturated rings. The number of hydrogen-bond donors (Lipinski definition) is 1. The number of hydrogen-bond acceptors (Lipinski definition) is 8. The van der Waals surface area contributed by atoms with Gasteiger partial charge in [-0.15, -0.1) is 0 Å². The predicted octanol–water partition coefficient (Wildman–Crippen LogP) is 4.27. The number of benzene rings is 2. The quantitative estimate of drug-likeness (QED) is 0.547. The molecular weight excluding hydrogens is 436 g/mol. The highest BCUT2D eigenvalue weighted by Crippen LogP contribution is 2.47. The van der Waals surface area contributed by atoms with Gasteiger partial charge in [-0.1, -0.05) is 12.1 Å². The summed E-state index contributed by atoms with van der Waals surface area (Å²) in [5, 5.41) is 10.0. The molecule has 0 spiro atoms. The van der Waals surface area contributed by atoms with Crippen molar-refractivity contribution >= 4 is 11.7 Å². The Balaban J connectivity index is 2.33. The molecule has 1 heterocycles. The van der Waals surface area contributed by atoms with Gasteiger partial charge in [0, 0.05) is 11.1 Å². The second kappa shape index (κ2) is 11.1. The van der Waals surface area contributed by atoms with Crippen LogP contribution in [0.3, 0.4) is 0 Å². The fourth-order valence-corrected chi connectivity index (χ4v) is 3.77. The van der Waals surface area contributed by atoms with Crippen molar-refractivity contribution in [2.45, 2.75) is 26.7 Å². The summed E-state index contributed by atoms with van der Waals surface area (Å²) >= 11 is 0. The number of carbonyl (C=O) groups is 1. The first-order chi connectivity index (χ1) is 16.5. The van der Waals surface area contributed by atoms with Gasteiger partial charge in [-0.3, -0.25) is 0 Å². The van der Waals surface area contributed by atoms with Crippen LogP contribution in [0.2, 0.25) is 0 Å². The van der Waals surface area contributed by atoms with Crippen LogP contribution in [0.1, 0.15) is 37.8 Å². The zero-order chi connectivity index (χ0) is 24.7. The summed E-state index contributed by atoms with van der Waals surface area (Å²) in [7, 11) is 1.56. The van der Waals surface area contributed by atoms with E-state index in [9.17, 15) is 10.1 Å². The lowest BCUT2D eigenvalue weighted by molar-refractivity contribution is -0.138. The van der Waals surface area contributed by atoms with E-state index in [-0.39, 0.29) is 29.4 Å². The third-order valence-electron chi connectivity index (χ3n) is 5.18. The summed E-state index contributed by atoms with van der Waals surface area (Å²) in [5.41, 5.74) is 7.56. The van der Waals surface area contributed by atoms with Crippen molar-refractivity contribution in [3.05, 3.63) is 70.6 Å². The zero-order valence-electron chi connectivity index (χ0n) is 19.7. The Bertz CT molecular complexity index is 1140. The van der Waals surface area contributed by atoms with Crippen molar-refractivity contribution in [3.63, 3.8) is 0 Å². The molecule has 0 saturated heterocycles. The van der Waals surface area contributed by atoms with Crippen LogP contribution in [0.5, 0.6) is 17.2 Å². The highest BCUT2D eigenvalue weighted by Gasteiger charge is 2.40. The smallest absolute Gasteiger partial charge is 0.338 e. The van der Waals surface area contributed by atoms with E-state index in [1.54, 1.807) is 56.5 Å². The number of methoxy groups -OCH3 is 1. The van der Waals surface area contributed by atoms with E-state index >= 15 is 0 Å². The summed E-state index contributed by atoms with van der Waals surface area (Å²) in [6, 6.07) is 14.4. The average Bonchev–Trinajstić information content (AvgIpc) is 2.85. The van der Waals surface area contributed by atoms with E-state index < -0.39 is 11.9 Å². The normalized spacial score (nSPS) is 15.3. The van der Waals surface area contributed by atoms with Crippen LogP contribution < -0.4 is 19.9 Å². The molecule has 0 radical (unpaired) electrons.